The van der Waals surface area contributed by atoms with E-state index in [1.165, 1.54) is 0 Å². The Morgan fingerprint density at radius 1 is 1.07 bits per heavy atom. The summed E-state index contributed by atoms with van der Waals surface area (Å²) in [5.41, 5.74) is 2.05. The van der Waals surface area contributed by atoms with E-state index in [9.17, 15) is 5.11 Å². The van der Waals surface area contributed by atoms with Crippen LogP contribution in [0.2, 0.25) is 0 Å². The molecule has 2 N–H and O–H groups in total. The van der Waals surface area contributed by atoms with Crippen LogP contribution in [0.15, 0.2) is 48.6 Å². The maximum absolute atomic E-state index is 10.2. The number of aliphatic hydroxyl groups is 1. The van der Waals surface area contributed by atoms with Crippen molar-refractivity contribution in [2.45, 2.75) is 12.1 Å². The molecule has 3 atom stereocenters. The molecule has 1 aliphatic heterocycles. The average Bonchev–Trinajstić information content (AvgIpc) is 2.30. The monoisotopic (exact) mass is 199 g/mol. The smallest absolute Gasteiger partial charge is 0.0895 e. The van der Waals surface area contributed by atoms with E-state index in [0.717, 1.165) is 11.3 Å². The summed E-state index contributed by atoms with van der Waals surface area (Å²) in [4.78, 5) is 0. The van der Waals surface area contributed by atoms with Gasteiger partial charge in [0.25, 0.3) is 0 Å². The molecule has 76 valence electrons. The zero-order valence-electron chi connectivity index (χ0n) is 8.30. The van der Waals surface area contributed by atoms with Gasteiger partial charge in [0, 0.05) is 17.2 Å². The van der Waals surface area contributed by atoms with Crippen molar-refractivity contribution in [3.63, 3.8) is 0 Å². The highest BCUT2D eigenvalue weighted by Gasteiger charge is 2.32. The second kappa shape index (κ2) is 3.24. The number of para-hydroxylation sites is 1. The van der Waals surface area contributed by atoms with Crippen molar-refractivity contribution >= 4 is 5.69 Å². The molecule has 0 fully saturated rings. The lowest BCUT2D eigenvalue weighted by Gasteiger charge is -2.36. The number of hydrogen-bond donors (Lipinski definition) is 2. The van der Waals surface area contributed by atoms with Gasteiger partial charge in [0.1, 0.15) is 0 Å². The van der Waals surface area contributed by atoms with Crippen molar-refractivity contribution in [3.05, 3.63) is 54.1 Å². The zero-order valence-corrected chi connectivity index (χ0v) is 8.30. The van der Waals surface area contributed by atoms with E-state index in [1.807, 2.05) is 36.4 Å². The van der Waals surface area contributed by atoms with Gasteiger partial charge >= 0.3 is 0 Å². The third-order valence-electron chi connectivity index (χ3n) is 3.14. The number of allylic oxidation sites excluding steroid dienone is 2. The third kappa shape index (κ3) is 1.29. The predicted molar refractivity (Wildman–Crippen MR) is 60.6 cm³/mol. The van der Waals surface area contributed by atoms with E-state index in [1.54, 1.807) is 0 Å². The van der Waals surface area contributed by atoms with Crippen molar-refractivity contribution in [2.24, 2.45) is 5.92 Å². The van der Waals surface area contributed by atoms with Gasteiger partial charge in [-0.25, -0.2) is 0 Å². The van der Waals surface area contributed by atoms with E-state index >= 15 is 0 Å². The van der Waals surface area contributed by atoms with Gasteiger partial charge in [-0.1, -0.05) is 42.5 Å². The minimum absolute atomic E-state index is 0.157. The normalized spacial score (nSPS) is 31.7. The molecule has 1 aromatic carbocycles. The average molecular weight is 199 g/mol. The van der Waals surface area contributed by atoms with E-state index in [4.69, 9.17) is 0 Å². The molecule has 0 spiro atoms. The van der Waals surface area contributed by atoms with Crippen LogP contribution in [-0.2, 0) is 0 Å². The summed E-state index contributed by atoms with van der Waals surface area (Å²) < 4.78 is 0. The SMILES string of the molecule is OC1c2ccccc2NC2C=CC=CC21. The molecular weight excluding hydrogens is 186 g/mol. The van der Waals surface area contributed by atoms with Crippen molar-refractivity contribution in [1.82, 2.24) is 0 Å². The molecule has 3 rings (SSSR count). The Hall–Kier alpha value is -1.54. The quantitative estimate of drug-likeness (QED) is 0.671. The maximum Gasteiger partial charge on any atom is 0.0895 e. The highest BCUT2D eigenvalue weighted by Crippen LogP contribution is 2.38. The van der Waals surface area contributed by atoms with Crippen LogP contribution in [0.1, 0.15) is 11.7 Å². The Morgan fingerprint density at radius 3 is 2.80 bits per heavy atom. The molecular formula is C13H13NO. The Labute approximate surface area is 88.9 Å². The fourth-order valence-corrected chi connectivity index (χ4v) is 2.34. The molecule has 0 saturated heterocycles. The van der Waals surface area contributed by atoms with E-state index in [0.29, 0.717) is 0 Å². The lowest BCUT2D eigenvalue weighted by atomic mass is 9.82. The van der Waals surface area contributed by atoms with E-state index in [-0.39, 0.29) is 12.0 Å². The van der Waals surface area contributed by atoms with Gasteiger partial charge in [-0.05, 0) is 6.07 Å². The molecule has 0 amide bonds. The molecule has 2 nitrogen and oxygen atoms in total. The van der Waals surface area contributed by atoms with Gasteiger partial charge in [-0.3, -0.25) is 0 Å². The van der Waals surface area contributed by atoms with Gasteiger partial charge in [0.05, 0.1) is 12.1 Å². The largest absolute Gasteiger partial charge is 0.388 e. The number of benzene rings is 1. The van der Waals surface area contributed by atoms with Gasteiger partial charge in [-0.2, -0.15) is 0 Å². The van der Waals surface area contributed by atoms with Crippen molar-refractivity contribution in [2.75, 3.05) is 5.32 Å². The molecule has 0 radical (unpaired) electrons. The summed E-state index contributed by atoms with van der Waals surface area (Å²) in [6, 6.07) is 8.17. The van der Waals surface area contributed by atoms with Gasteiger partial charge in [-0.15, -0.1) is 0 Å². The lowest BCUT2D eigenvalue weighted by molar-refractivity contribution is 0.122. The second-order valence-corrected chi connectivity index (χ2v) is 4.05. The molecule has 1 heterocycles. The van der Waals surface area contributed by atoms with Crippen LogP contribution in [0.5, 0.6) is 0 Å². The summed E-state index contributed by atoms with van der Waals surface area (Å²) in [6.45, 7) is 0. The zero-order chi connectivity index (χ0) is 10.3. The first kappa shape index (κ1) is 8.74. The van der Waals surface area contributed by atoms with Gasteiger partial charge in [0.15, 0.2) is 0 Å². The number of anilines is 1. The highest BCUT2D eigenvalue weighted by molar-refractivity contribution is 5.57. The second-order valence-electron chi connectivity index (χ2n) is 4.05. The molecule has 15 heavy (non-hydrogen) atoms. The maximum atomic E-state index is 10.2. The Bertz CT molecular complexity index is 436. The first-order valence-electron chi connectivity index (χ1n) is 5.25. The fourth-order valence-electron chi connectivity index (χ4n) is 2.34. The molecule has 2 aliphatic rings. The summed E-state index contributed by atoms with van der Waals surface area (Å²) >= 11 is 0. The number of hydrogen-bond acceptors (Lipinski definition) is 2. The summed E-state index contributed by atoms with van der Waals surface area (Å²) in [5, 5.41) is 13.7. The minimum Gasteiger partial charge on any atom is -0.388 e. The minimum atomic E-state index is -0.395. The van der Waals surface area contributed by atoms with Crippen LogP contribution < -0.4 is 5.32 Å². The van der Waals surface area contributed by atoms with Crippen LogP contribution in [0.3, 0.4) is 0 Å². The van der Waals surface area contributed by atoms with Crippen LogP contribution in [0.25, 0.3) is 0 Å². The number of rotatable bonds is 0. The summed E-state index contributed by atoms with van der Waals surface area (Å²) in [5.74, 6) is 0.157. The molecule has 1 aliphatic carbocycles. The van der Waals surface area contributed by atoms with Crippen molar-refractivity contribution in [1.29, 1.82) is 0 Å². The van der Waals surface area contributed by atoms with Crippen LogP contribution in [-0.4, -0.2) is 11.1 Å². The van der Waals surface area contributed by atoms with Crippen molar-refractivity contribution < 1.29 is 5.11 Å². The molecule has 0 aromatic heterocycles. The Kier molecular flexibility index (Phi) is 1.89. The fraction of sp³-hybridized carbons (Fsp3) is 0.231. The standard InChI is InChI=1S/C13H13NO/c15-13-9-5-1-3-7-11(9)14-12-8-4-2-6-10(12)13/h1-9,11,13-15H. The molecule has 1 aromatic rings. The van der Waals surface area contributed by atoms with Gasteiger partial charge < -0.3 is 10.4 Å². The first-order chi connectivity index (χ1) is 7.36. The van der Waals surface area contributed by atoms with Crippen LogP contribution in [0, 0.1) is 5.92 Å². The number of aliphatic hydroxyl groups excluding tert-OH is 1. The summed E-state index contributed by atoms with van der Waals surface area (Å²) in [7, 11) is 0. The van der Waals surface area contributed by atoms with E-state index in [2.05, 4.69) is 17.5 Å². The van der Waals surface area contributed by atoms with Crippen LogP contribution in [0.4, 0.5) is 5.69 Å². The highest BCUT2D eigenvalue weighted by atomic mass is 16.3. The van der Waals surface area contributed by atoms with Crippen molar-refractivity contribution in [3.8, 4) is 0 Å². The first-order valence-corrected chi connectivity index (χ1v) is 5.25. The third-order valence-corrected chi connectivity index (χ3v) is 3.14. The number of fused-ring (bicyclic) bond motifs is 2. The predicted octanol–water partition coefficient (Wildman–Crippen LogP) is 2.26. The lowest BCUT2D eigenvalue weighted by Crippen LogP contribution is -2.36. The van der Waals surface area contributed by atoms with Crippen LogP contribution >= 0.6 is 0 Å². The molecule has 0 saturated carbocycles. The molecule has 2 heteroatoms. The topological polar surface area (TPSA) is 32.3 Å². The molecule has 3 unspecified atom stereocenters. The van der Waals surface area contributed by atoms with Gasteiger partial charge in [0.2, 0.25) is 0 Å². The number of nitrogens with one attached hydrogen (secondary N) is 1. The Balaban J connectivity index is 2.07. The Morgan fingerprint density at radius 2 is 1.87 bits per heavy atom. The molecule has 0 bridgehead atoms. The summed E-state index contributed by atoms with van der Waals surface area (Å²) in [6.07, 6.45) is 7.80. The van der Waals surface area contributed by atoms with E-state index < -0.39 is 6.10 Å².